The maximum Gasteiger partial charge on any atom is 0.0717 e. The van der Waals surface area contributed by atoms with Crippen LogP contribution in [0.1, 0.15) is 6.92 Å². The molecule has 1 nitrogen and oxygen atoms in total. The van der Waals surface area contributed by atoms with Gasteiger partial charge in [0.05, 0.1) is 14.4 Å². The van der Waals surface area contributed by atoms with Gasteiger partial charge in [-0.2, -0.15) is 0 Å². The molecule has 0 bridgehead atoms. The third-order valence-electron chi connectivity index (χ3n) is 2.84. The van der Waals surface area contributed by atoms with Gasteiger partial charge >= 0.3 is 0 Å². The molecule has 0 aromatic carbocycles. The molecule has 0 saturated carbocycles. The lowest BCUT2D eigenvalue weighted by Crippen LogP contribution is -1.97. The molecule has 0 aliphatic heterocycles. The van der Waals surface area contributed by atoms with E-state index in [2.05, 4.69) is 24.7 Å². The second-order valence-electron chi connectivity index (χ2n) is 4.47. The van der Waals surface area contributed by atoms with Gasteiger partial charge in [0.15, 0.2) is 0 Å². The fourth-order valence-electron chi connectivity index (χ4n) is 1.60. The van der Waals surface area contributed by atoms with E-state index in [1.165, 1.54) is 0 Å². The van der Waals surface area contributed by atoms with E-state index in [0.717, 1.165) is 22.3 Å². The summed E-state index contributed by atoms with van der Waals surface area (Å²) in [6.07, 6.45) is 15.6. The second-order valence-corrected chi connectivity index (χ2v) is 5.21. The lowest BCUT2D eigenvalue weighted by atomic mass is 9.87. The lowest BCUT2D eigenvalue weighted by Gasteiger charge is -2.11. The van der Waals surface area contributed by atoms with E-state index >= 15 is 0 Å². The van der Waals surface area contributed by atoms with Gasteiger partial charge in [0.1, 0.15) is 0 Å². The predicted molar refractivity (Wildman–Crippen MR) is 106 cm³/mol. The van der Waals surface area contributed by atoms with E-state index in [1.54, 1.807) is 24.1 Å². The summed E-state index contributed by atoms with van der Waals surface area (Å²) in [4.78, 5) is 4.42. The number of hydrogen-bond donors (Lipinski definition) is 0. The Kier molecular flexibility index (Phi) is 11.9. The van der Waals surface area contributed by atoms with Crippen LogP contribution in [0.2, 0.25) is 6.32 Å². The summed E-state index contributed by atoms with van der Waals surface area (Å²) in [7, 11) is 5.85. The molecule has 2 radical (unpaired) electrons. The lowest BCUT2D eigenvalue weighted by molar-refractivity contribution is 1.14. The highest BCUT2D eigenvalue weighted by Crippen LogP contribution is 2.20. The van der Waals surface area contributed by atoms with Gasteiger partial charge in [-0.1, -0.05) is 62.0 Å². The first-order valence-electron chi connectivity index (χ1n) is 6.99. The van der Waals surface area contributed by atoms with Crippen LogP contribution < -0.4 is 0 Å². The van der Waals surface area contributed by atoms with Gasteiger partial charge in [-0.25, -0.2) is 0 Å². The summed E-state index contributed by atoms with van der Waals surface area (Å²) >= 11 is 1.66. The summed E-state index contributed by atoms with van der Waals surface area (Å²) in [5, 5.41) is 2.01. The first-order valence-corrected chi connectivity index (χ1v) is 8.28. The van der Waals surface area contributed by atoms with Gasteiger partial charge in [-0.15, -0.1) is 11.8 Å². The third kappa shape index (κ3) is 8.53. The molecule has 0 fully saturated rings. The minimum absolute atomic E-state index is 0.406. The van der Waals surface area contributed by atoms with Gasteiger partial charge in [0.25, 0.3) is 0 Å². The number of rotatable bonds is 10. The minimum atomic E-state index is 0.406. The fourth-order valence-corrected chi connectivity index (χ4v) is 1.85. The van der Waals surface area contributed by atoms with E-state index < -0.39 is 0 Å². The van der Waals surface area contributed by atoms with E-state index in [9.17, 15) is 0 Å². The van der Waals surface area contributed by atoms with E-state index in [0.29, 0.717) is 12.9 Å². The molecule has 0 amide bonds. The van der Waals surface area contributed by atoms with Gasteiger partial charge in [-0.3, -0.25) is 4.99 Å². The van der Waals surface area contributed by atoms with Crippen LogP contribution in [0.4, 0.5) is 0 Å². The van der Waals surface area contributed by atoms with E-state index in [1.807, 2.05) is 49.0 Å². The van der Waals surface area contributed by atoms with Gasteiger partial charge < -0.3 is 0 Å². The molecule has 114 valence electrons. The Balaban J connectivity index is 5.23. The number of nitrogens with zero attached hydrogens (tertiary/aromatic N) is 1. The molecule has 0 N–H and O–H groups in total. The van der Waals surface area contributed by atoms with Crippen LogP contribution in [0.3, 0.4) is 0 Å². The van der Waals surface area contributed by atoms with Crippen molar-refractivity contribution in [1.82, 2.24) is 0 Å². The van der Waals surface area contributed by atoms with Gasteiger partial charge in [0, 0.05) is 6.21 Å². The first-order chi connectivity index (χ1) is 10.6. The molecule has 3 heteroatoms. The molecule has 0 heterocycles. The van der Waals surface area contributed by atoms with Crippen LogP contribution in [0.25, 0.3) is 0 Å². The van der Waals surface area contributed by atoms with Crippen LogP contribution in [0, 0.1) is 0 Å². The molecule has 0 aromatic rings. The van der Waals surface area contributed by atoms with Crippen molar-refractivity contribution in [1.29, 1.82) is 0 Å². The second kappa shape index (κ2) is 13.0. The SMILES string of the molecule is [B]C/C(C(=C)C=C)=C(\C=C(\C)C=C)CN=C/C=C\C=C\SC. The maximum absolute atomic E-state index is 5.85. The molecule has 0 aromatic heterocycles. The summed E-state index contributed by atoms with van der Waals surface area (Å²) in [6.45, 7) is 14.1. The number of allylic oxidation sites excluding steroid dienone is 8. The highest BCUT2D eigenvalue weighted by atomic mass is 32.2. The van der Waals surface area contributed by atoms with E-state index in [-0.39, 0.29) is 0 Å². The Labute approximate surface area is 141 Å². The number of thioether (sulfide) groups is 1. The average molecular weight is 309 g/mol. The summed E-state index contributed by atoms with van der Waals surface area (Å²) in [5.41, 5.74) is 3.90. The number of aliphatic imine (C=N–C) groups is 1. The normalized spacial score (nSPS) is 13.8. The highest BCUT2D eigenvalue weighted by Gasteiger charge is 2.04. The van der Waals surface area contributed by atoms with Crippen LogP contribution in [-0.4, -0.2) is 26.9 Å². The quantitative estimate of drug-likeness (QED) is 0.305. The molecule has 0 unspecified atom stereocenters. The van der Waals surface area contributed by atoms with Crippen LogP contribution >= 0.6 is 11.8 Å². The van der Waals surface area contributed by atoms with Crippen molar-refractivity contribution in [2.24, 2.45) is 4.99 Å². The topological polar surface area (TPSA) is 12.4 Å². The first kappa shape index (κ1) is 20.3. The molecule has 0 aliphatic carbocycles. The van der Waals surface area contributed by atoms with Crippen molar-refractivity contribution in [3.8, 4) is 0 Å². The molecule has 0 aliphatic rings. The largest absolute Gasteiger partial charge is 0.288 e. The van der Waals surface area contributed by atoms with Gasteiger partial charge in [-0.05, 0) is 41.4 Å². The van der Waals surface area contributed by atoms with Crippen LogP contribution in [0.5, 0.6) is 0 Å². The van der Waals surface area contributed by atoms with Crippen molar-refractivity contribution in [3.05, 3.63) is 83.9 Å². The monoisotopic (exact) mass is 309 g/mol. The summed E-state index contributed by atoms with van der Waals surface area (Å²) in [5.74, 6) is 0. The molecular formula is C19H24BNS. The molecule has 0 rings (SSSR count). The van der Waals surface area contributed by atoms with Crippen molar-refractivity contribution in [3.63, 3.8) is 0 Å². The van der Waals surface area contributed by atoms with Crippen molar-refractivity contribution in [2.75, 3.05) is 12.8 Å². The van der Waals surface area contributed by atoms with Crippen LogP contribution in [0.15, 0.2) is 88.9 Å². The summed E-state index contributed by atoms with van der Waals surface area (Å²) < 4.78 is 0. The maximum atomic E-state index is 5.85. The van der Waals surface area contributed by atoms with Crippen LogP contribution in [-0.2, 0) is 0 Å². The molecule has 0 spiro atoms. The third-order valence-corrected chi connectivity index (χ3v) is 3.27. The Morgan fingerprint density at radius 2 is 1.91 bits per heavy atom. The molecular weight excluding hydrogens is 285 g/mol. The Hall–Kier alpha value is -1.74. The van der Waals surface area contributed by atoms with E-state index in [4.69, 9.17) is 7.85 Å². The van der Waals surface area contributed by atoms with Gasteiger partial charge in [0.2, 0.25) is 0 Å². The average Bonchev–Trinajstić information content (AvgIpc) is 2.53. The zero-order chi connectivity index (χ0) is 16.8. The van der Waals surface area contributed by atoms with Crippen molar-refractivity contribution < 1.29 is 0 Å². The molecule has 0 atom stereocenters. The Morgan fingerprint density at radius 3 is 2.45 bits per heavy atom. The van der Waals surface area contributed by atoms with Crippen molar-refractivity contribution >= 4 is 25.8 Å². The predicted octanol–water partition coefficient (Wildman–Crippen LogP) is 5.25. The number of hydrogen-bond acceptors (Lipinski definition) is 2. The zero-order valence-electron chi connectivity index (χ0n) is 13.6. The highest BCUT2D eigenvalue weighted by molar-refractivity contribution is 8.01. The summed E-state index contributed by atoms with van der Waals surface area (Å²) in [6, 6.07) is 0. The molecule has 0 saturated heterocycles. The zero-order valence-corrected chi connectivity index (χ0v) is 14.4. The van der Waals surface area contributed by atoms with Crippen molar-refractivity contribution in [2.45, 2.75) is 13.2 Å². The molecule has 22 heavy (non-hydrogen) atoms. The minimum Gasteiger partial charge on any atom is -0.288 e. The smallest absolute Gasteiger partial charge is 0.0717 e. The fraction of sp³-hybridized carbons (Fsp3) is 0.211. The Morgan fingerprint density at radius 1 is 1.18 bits per heavy atom. The standard InChI is InChI=1S/C19H24BNS/c1-6-16(3)13-18(19(14-20)17(4)7-2)15-21-11-9-8-10-12-22-5/h6-13H,1-2,4,14-15H2,3,5H3/b9-8-,12-10+,16-13-,19-18-,21-11?. The Bertz CT molecular complexity index is 534.